The molecule has 1 N–H and O–H groups in total. The summed E-state index contributed by atoms with van der Waals surface area (Å²) in [5, 5.41) is 12.0. The van der Waals surface area contributed by atoms with E-state index in [1.807, 2.05) is 29.8 Å². The van der Waals surface area contributed by atoms with E-state index in [1.54, 1.807) is 25.6 Å². The Morgan fingerprint density at radius 3 is 2.65 bits per heavy atom. The number of ether oxygens (including phenoxy) is 1. The van der Waals surface area contributed by atoms with Crippen LogP contribution in [-0.4, -0.2) is 39.4 Å². The number of nitrogens with one attached hydrogen (secondary N) is 1. The molecule has 2 atom stereocenters. The van der Waals surface area contributed by atoms with Gasteiger partial charge in [0, 0.05) is 37.5 Å². The van der Waals surface area contributed by atoms with E-state index < -0.39 is 23.1 Å². The van der Waals surface area contributed by atoms with Crippen LogP contribution in [0.5, 0.6) is 0 Å². The summed E-state index contributed by atoms with van der Waals surface area (Å²) in [5.74, 6) is 1.03. The first-order valence-corrected chi connectivity index (χ1v) is 13.9. The molecule has 0 radical (unpaired) electrons. The fraction of sp³-hybridized carbons (Fsp3) is 0.500. The molecule has 1 aromatic heterocycles. The normalized spacial score (nSPS) is 28.9. The molecule has 4 aliphatic rings. The summed E-state index contributed by atoms with van der Waals surface area (Å²) in [4.78, 5) is 15.1. The Balaban J connectivity index is 1.21. The number of methoxy groups -OCH3 is 1. The summed E-state index contributed by atoms with van der Waals surface area (Å²) in [6.07, 6.45) is 3.06. The van der Waals surface area contributed by atoms with Crippen molar-refractivity contribution < 1.29 is 22.7 Å². The van der Waals surface area contributed by atoms with Crippen LogP contribution in [0.4, 0.5) is 18.9 Å². The van der Waals surface area contributed by atoms with Crippen molar-refractivity contribution in [2.75, 3.05) is 12.0 Å². The number of carbonyl (C=O) groups excluding carboxylic acids is 1. The number of anilines is 1. The van der Waals surface area contributed by atoms with Crippen molar-refractivity contribution in [2.24, 2.45) is 13.0 Å². The molecular weight excluding hydrogens is 519 g/mol. The Kier molecular flexibility index (Phi) is 5.71. The van der Waals surface area contributed by atoms with Gasteiger partial charge in [0.2, 0.25) is 0 Å². The summed E-state index contributed by atoms with van der Waals surface area (Å²) < 4.78 is 50.3. The Morgan fingerprint density at radius 2 is 2.00 bits per heavy atom. The highest BCUT2D eigenvalue weighted by molar-refractivity contribution is 6.10. The molecule has 0 saturated heterocycles. The van der Waals surface area contributed by atoms with E-state index in [1.165, 1.54) is 17.4 Å². The van der Waals surface area contributed by atoms with Crippen molar-refractivity contribution in [1.29, 1.82) is 0 Å². The molecule has 7 rings (SSSR count). The monoisotopic (exact) mass is 551 g/mol. The lowest BCUT2D eigenvalue weighted by Gasteiger charge is -2.46. The number of nitrogens with zero attached hydrogens (tertiary/aromatic N) is 4. The summed E-state index contributed by atoms with van der Waals surface area (Å²) in [7, 11) is 3.57. The summed E-state index contributed by atoms with van der Waals surface area (Å²) >= 11 is 0. The molecule has 10 heteroatoms. The number of carbonyl (C=O) groups is 1. The summed E-state index contributed by atoms with van der Waals surface area (Å²) in [5.41, 5.74) is 1.10. The number of aryl methyl sites for hydroxylation is 1. The van der Waals surface area contributed by atoms with Crippen LogP contribution in [-0.2, 0) is 36.5 Å². The summed E-state index contributed by atoms with van der Waals surface area (Å²) in [6, 6.07) is 10.4. The van der Waals surface area contributed by atoms with Crippen molar-refractivity contribution in [1.82, 2.24) is 20.1 Å². The second kappa shape index (κ2) is 8.88. The summed E-state index contributed by atoms with van der Waals surface area (Å²) in [6.45, 7) is 0.209. The van der Waals surface area contributed by atoms with Gasteiger partial charge in [-0.2, -0.15) is 13.2 Å². The predicted molar refractivity (Wildman–Crippen MR) is 142 cm³/mol. The van der Waals surface area contributed by atoms with Gasteiger partial charge < -0.3 is 19.5 Å². The zero-order valence-electron chi connectivity index (χ0n) is 22.6. The highest BCUT2D eigenvalue weighted by atomic mass is 19.4. The van der Waals surface area contributed by atoms with Gasteiger partial charge in [0.1, 0.15) is 12.2 Å². The Labute approximate surface area is 230 Å². The average molecular weight is 552 g/mol. The van der Waals surface area contributed by atoms with E-state index in [4.69, 9.17) is 4.74 Å². The first-order chi connectivity index (χ1) is 19.1. The van der Waals surface area contributed by atoms with Crippen LogP contribution in [0, 0.1) is 5.92 Å². The lowest BCUT2D eigenvalue weighted by atomic mass is 9.62. The Hall–Kier alpha value is -3.24. The Bertz CT molecular complexity index is 1490. The van der Waals surface area contributed by atoms with E-state index >= 15 is 0 Å². The van der Waals surface area contributed by atoms with Crippen LogP contribution >= 0.6 is 0 Å². The fourth-order valence-electron chi connectivity index (χ4n) is 7.46. The highest BCUT2D eigenvalue weighted by Crippen LogP contribution is 2.56. The van der Waals surface area contributed by atoms with Crippen LogP contribution in [0.1, 0.15) is 77.0 Å². The lowest BCUT2D eigenvalue weighted by Crippen LogP contribution is -2.48. The molecule has 2 aromatic carbocycles. The van der Waals surface area contributed by atoms with Crippen molar-refractivity contribution in [3.8, 4) is 0 Å². The Morgan fingerprint density at radius 1 is 1.18 bits per heavy atom. The minimum Gasteiger partial charge on any atom is -0.381 e. The topological polar surface area (TPSA) is 72.3 Å². The van der Waals surface area contributed by atoms with Gasteiger partial charge in [0.25, 0.3) is 5.91 Å². The molecule has 3 aliphatic carbocycles. The first-order valence-electron chi connectivity index (χ1n) is 13.9. The number of rotatable bonds is 7. The van der Waals surface area contributed by atoms with E-state index in [-0.39, 0.29) is 29.3 Å². The SMILES string of the molecule is CO[C@H]1C[C@](c2cccc(N3Cc4c(cc(CN[C@@]56CCC[C@@H]5C6)cc4C(F)(F)F)C3=O)c2)(c2nncn2C)C1. The van der Waals surface area contributed by atoms with Gasteiger partial charge in [-0.1, -0.05) is 18.6 Å². The van der Waals surface area contributed by atoms with Gasteiger partial charge in [-0.3, -0.25) is 4.79 Å². The third kappa shape index (κ3) is 3.90. The molecule has 3 saturated carbocycles. The third-order valence-corrected chi connectivity index (χ3v) is 9.79. The second-order valence-corrected chi connectivity index (χ2v) is 12.0. The molecule has 40 heavy (non-hydrogen) atoms. The largest absolute Gasteiger partial charge is 0.416 e. The van der Waals surface area contributed by atoms with Crippen LogP contribution in [0.2, 0.25) is 0 Å². The molecule has 7 nitrogen and oxygen atoms in total. The quantitative estimate of drug-likeness (QED) is 0.441. The number of aromatic nitrogens is 3. The molecule has 3 aromatic rings. The maximum absolute atomic E-state index is 14.3. The van der Waals surface area contributed by atoms with E-state index in [0.717, 1.165) is 30.7 Å². The number of hydrogen-bond acceptors (Lipinski definition) is 5. The standard InChI is InChI=1S/C30H32F3N5O2/c1-37-17-35-36-27(37)28(13-22(14-28)40-2)19-5-3-7-21(11-19)38-16-24-23(26(38)39)9-18(10-25(24)30(31,32)33)15-34-29-8-4-6-20(29)12-29/h3,5,7,9-11,17,20,22,34H,4,6,8,12-16H2,1-2H3/t20-,22-,28-,29-/m1/s1. The molecule has 2 heterocycles. The molecule has 1 aliphatic heterocycles. The molecule has 3 fully saturated rings. The van der Waals surface area contributed by atoms with Gasteiger partial charge in [-0.25, -0.2) is 0 Å². The van der Waals surface area contributed by atoms with Gasteiger partial charge in [0.05, 0.1) is 23.6 Å². The van der Waals surface area contributed by atoms with Gasteiger partial charge >= 0.3 is 6.18 Å². The zero-order chi connectivity index (χ0) is 27.9. The molecule has 0 spiro atoms. The number of amides is 1. The van der Waals surface area contributed by atoms with Crippen molar-refractivity contribution in [2.45, 2.75) is 74.8 Å². The predicted octanol–water partition coefficient (Wildman–Crippen LogP) is 5.12. The maximum Gasteiger partial charge on any atom is 0.416 e. The number of alkyl halides is 3. The van der Waals surface area contributed by atoms with Crippen molar-refractivity contribution in [3.05, 3.63) is 76.4 Å². The van der Waals surface area contributed by atoms with Crippen LogP contribution in [0.3, 0.4) is 0 Å². The van der Waals surface area contributed by atoms with Crippen LogP contribution in [0.15, 0.2) is 42.7 Å². The highest BCUT2D eigenvalue weighted by Gasteiger charge is 2.56. The average Bonchev–Trinajstić information content (AvgIpc) is 3.19. The minimum atomic E-state index is -4.55. The number of benzene rings is 2. The van der Waals surface area contributed by atoms with Crippen molar-refractivity contribution >= 4 is 11.6 Å². The van der Waals surface area contributed by atoms with Crippen molar-refractivity contribution in [3.63, 3.8) is 0 Å². The second-order valence-electron chi connectivity index (χ2n) is 12.0. The maximum atomic E-state index is 14.3. The molecule has 210 valence electrons. The molecular formula is C30H32F3N5O2. The van der Waals surface area contributed by atoms with Gasteiger partial charge in [0.15, 0.2) is 0 Å². The smallest absolute Gasteiger partial charge is 0.381 e. The van der Waals surface area contributed by atoms with Crippen LogP contribution in [0.25, 0.3) is 0 Å². The molecule has 1 amide bonds. The first kappa shape index (κ1) is 25.7. The van der Waals surface area contributed by atoms with Gasteiger partial charge in [-0.15, -0.1) is 10.2 Å². The van der Waals surface area contributed by atoms with E-state index in [9.17, 15) is 18.0 Å². The van der Waals surface area contributed by atoms with E-state index in [2.05, 4.69) is 15.5 Å². The van der Waals surface area contributed by atoms with E-state index in [0.29, 0.717) is 36.6 Å². The third-order valence-electron chi connectivity index (χ3n) is 9.79. The molecule has 0 bridgehead atoms. The number of hydrogen-bond donors (Lipinski definition) is 1. The number of fused-ring (bicyclic) bond motifs is 2. The van der Waals surface area contributed by atoms with Crippen LogP contribution < -0.4 is 10.2 Å². The number of halogens is 3. The van der Waals surface area contributed by atoms with Gasteiger partial charge in [-0.05, 0) is 79.0 Å². The lowest BCUT2D eigenvalue weighted by molar-refractivity contribution is -0.138. The molecule has 0 unspecified atom stereocenters. The fourth-order valence-corrected chi connectivity index (χ4v) is 7.46. The zero-order valence-corrected chi connectivity index (χ0v) is 22.6. The minimum absolute atomic E-state index is 0.0427.